The minimum absolute atomic E-state index is 0.149. The van der Waals surface area contributed by atoms with E-state index in [-0.39, 0.29) is 37.2 Å². The SMILES string of the molecule is CCOC(=O)C(c1ccc(OC)c(OC)c1)C1C=CC(NC(=O)c2ccc3c(c2)OCO3)C1. The van der Waals surface area contributed by atoms with Crippen molar-refractivity contribution in [2.45, 2.75) is 25.3 Å². The first-order chi connectivity index (χ1) is 16.0. The van der Waals surface area contributed by atoms with Gasteiger partial charge >= 0.3 is 5.97 Å². The Balaban J connectivity index is 1.49. The fourth-order valence-corrected chi connectivity index (χ4v) is 4.21. The summed E-state index contributed by atoms with van der Waals surface area (Å²) in [5.74, 6) is 1.08. The summed E-state index contributed by atoms with van der Waals surface area (Å²) >= 11 is 0. The normalized spacial score (nSPS) is 19.1. The molecule has 0 bridgehead atoms. The van der Waals surface area contributed by atoms with Crippen LogP contribution < -0.4 is 24.3 Å². The van der Waals surface area contributed by atoms with Gasteiger partial charge in [-0.25, -0.2) is 0 Å². The first-order valence-corrected chi connectivity index (χ1v) is 10.8. The van der Waals surface area contributed by atoms with Gasteiger partial charge in [-0.3, -0.25) is 9.59 Å². The van der Waals surface area contributed by atoms with Crippen LogP contribution in [0.3, 0.4) is 0 Å². The summed E-state index contributed by atoms with van der Waals surface area (Å²) in [5, 5.41) is 3.02. The predicted octanol–water partition coefficient (Wildman–Crippen LogP) is 3.45. The Morgan fingerprint density at radius 3 is 2.58 bits per heavy atom. The van der Waals surface area contributed by atoms with Crippen molar-refractivity contribution in [3.8, 4) is 23.0 Å². The van der Waals surface area contributed by atoms with Gasteiger partial charge in [-0.15, -0.1) is 0 Å². The minimum Gasteiger partial charge on any atom is -0.493 e. The third-order valence-corrected chi connectivity index (χ3v) is 5.80. The van der Waals surface area contributed by atoms with Gasteiger partial charge in [-0.05, 0) is 55.2 Å². The molecule has 0 spiro atoms. The van der Waals surface area contributed by atoms with Crippen LogP contribution >= 0.6 is 0 Å². The van der Waals surface area contributed by atoms with Crippen molar-refractivity contribution in [2.75, 3.05) is 27.6 Å². The van der Waals surface area contributed by atoms with Gasteiger partial charge in [0.2, 0.25) is 6.79 Å². The van der Waals surface area contributed by atoms with Gasteiger partial charge in [0.05, 0.1) is 26.7 Å². The van der Waals surface area contributed by atoms with Crippen molar-refractivity contribution in [3.63, 3.8) is 0 Å². The standard InChI is InChI=1S/C25H27NO7/c1-4-31-25(28)23(16-6-9-19(29-2)21(12-16)30-3)15-5-8-18(11-15)26-24(27)17-7-10-20-22(13-17)33-14-32-20/h5-10,12-13,15,18,23H,4,11,14H2,1-3H3,(H,26,27). The fourth-order valence-electron chi connectivity index (χ4n) is 4.21. The molecule has 3 unspecified atom stereocenters. The molecule has 4 rings (SSSR count). The lowest BCUT2D eigenvalue weighted by atomic mass is 9.85. The highest BCUT2D eigenvalue weighted by molar-refractivity contribution is 5.95. The Hall–Kier alpha value is -3.68. The predicted molar refractivity (Wildman–Crippen MR) is 120 cm³/mol. The Morgan fingerprint density at radius 2 is 1.82 bits per heavy atom. The molecule has 2 aliphatic rings. The third-order valence-electron chi connectivity index (χ3n) is 5.80. The quantitative estimate of drug-likeness (QED) is 0.483. The molecule has 8 nitrogen and oxygen atoms in total. The summed E-state index contributed by atoms with van der Waals surface area (Å²) < 4.78 is 26.8. The number of fused-ring (bicyclic) bond motifs is 1. The molecule has 0 radical (unpaired) electrons. The highest BCUT2D eigenvalue weighted by Gasteiger charge is 2.35. The molecule has 8 heteroatoms. The number of benzene rings is 2. The first kappa shape index (κ1) is 22.5. The van der Waals surface area contributed by atoms with Crippen LogP contribution in [0.15, 0.2) is 48.6 Å². The van der Waals surface area contributed by atoms with Crippen LogP contribution in [0.5, 0.6) is 23.0 Å². The number of allylic oxidation sites excluding steroid dienone is 1. The van der Waals surface area contributed by atoms with E-state index in [0.29, 0.717) is 35.0 Å². The van der Waals surface area contributed by atoms with Crippen LogP contribution in [0.1, 0.15) is 35.2 Å². The molecule has 0 saturated heterocycles. The van der Waals surface area contributed by atoms with E-state index in [1.807, 2.05) is 18.2 Å². The van der Waals surface area contributed by atoms with Gasteiger partial charge in [0.1, 0.15) is 0 Å². The topological polar surface area (TPSA) is 92.3 Å². The molecule has 1 N–H and O–H groups in total. The van der Waals surface area contributed by atoms with Crippen LogP contribution in [-0.2, 0) is 9.53 Å². The van der Waals surface area contributed by atoms with Crippen molar-refractivity contribution >= 4 is 11.9 Å². The number of nitrogens with one attached hydrogen (secondary N) is 1. The average Bonchev–Trinajstić information content (AvgIpc) is 3.48. The van der Waals surface area contributed by atoms with Gasteiger partial charge in [0.25, 0.3) is 5.91 Å². The zero-order chi connectivity index (χ0) is 23.4. The van der Waals surface area contributed by atoms with Crippen molar-refractivity contribution in [3.05, 3.63) is 59.7 Å². The van der Waals surface area contributed by atoms with E-state index in [1.54, 1.807) is 51.5 Å². The molecule has 33 heavy (non-hydrogen) atoms. The maximum Gasteiger partial charge on any atom is 0.314 e. The fraction of sp³-hybridized carbons (Fsp3) is 0.360. The highest BCUT2D eigenvalue weighted by Crippen LogP contribution is 2.38. The highest BCUT2D eigenvalue weighted by atomic mass is 16.7. The molecule has 174 valence electrons. The zero-order valence-corrected chi connectivity index (χ0v) is 18.8. The van der Waals surface area contributed by atoms with Gasteiger partial charge in [0, 0.05) is 11.6 Å². The molecule has 2 aromatic carbocycles. The van der Waals surface area contributed by atoms with Crippen molar-refractivity contribution in [1.29, 1.82) is 0 Å². The summed E-state index contributed by atoms with van der Waals surface area (Å²) in [7, 11) is 3.12. The van der Waals surface area contributed by atoms with E-state index in [9.17, 15) is 9.59 Å². The second-order valence-corrected chi connectivity index (χ2v) is 7.78. The summed E-state index contributed by atoms with van der Waals surface area (Å²) in [6.07, 6.45) is 4.44. The maximum absolute atomic E-state index is 12.9. The van der Waals surface area contributed by atoms with Crippen LogP contribution in [0, 0.1) is 5.92 Å². The summed E-state index contributed by atoms with van der Waals surface area (Å²) in [4.78, 5) is 25.7. The molecule has 1 amide bonds. The number of carbonyl (C=O) groups is 2. The van der Waals surface area contributed by atoms with Gasteiger partial charge in [0.15, 0.2) is 23.0 Å². The van der Waals surface area contributed by atoms with E-state index in [1.165, 1.54) is 0 Å². The molecule has 1 heterocycles. The lowest BCUT2D eigenvalue weighted by Gasteiger charge is -2.23. The number of hydrogen-bond donors (Lipinski definition) is 1. The second-order valence-electron chi connectivity index (χ2n) is 7.78. The summed E-state index contributed by atoms with van der Waals surface area (Å²) in [6.45, 7) is 2.21. The van der Waals surface area contributed by atoms with Gasteiger partial charge in [-0.2, -0.15) is 0 Å². The van der Waals surface area contributed by atoms with E-state index in [4.69, 9.17) is 23.7 Å². The molecule has 0 aromatic heterocycles. The molecular weight excluding hydrogens is 426 g/mol. The number of amides is 1. The Morgan fingerprint density at radius 1 is 1.03 bits per heavy atom. The minimum atomic E-state index is -0.534. The number of esters is 1. The molecule has 1 aliphatic heterocycles. The van der Waals surface area contributed by atoms with Crippen molar-refractivity contribution in [2.24, 2.45) is 5.92 Å². The Kier molecular flexibility index (Phi) is 6.72. The van der Waals surface area contributed by atoms with E-state index >= 15 is 0 Å². The smallest absolute Gasteiger partial charge is 0.314 e. The number of ether oxygens (including phenoxy) is 5. The van der Waals surface area contributed by atoms with Gasteiger partial charge in [-0.1, -0.05) is 18.2 Å². The van der Waals surface area contributed by atoms with E-state index in [0.717, 1.165) is 5.56 Å². The first-order valence-electron chi connectivity index (χ1n) is 10.8. The number of rotatable bonds is 8. The number of methoxy groups -OCH3 is 2. The summed E-state index contributed by atoms with van der Waals surface area (Å²) in [5.41, 5.74) is 1.25. The zero-order valence-electron chi connectivity index (χ0n) is 18.8. The average molecular weight is 453 g/mol. The molecule has 0 saturated carbocycles. The Bertz CT molecular complexity index is 1060. The number of carbonyl (C=O) groups excluding carboxylic acids is 2. The van der Waals surface area contributed by atoms with Crippen LogP contribution in [-0.4, -0.2) is 45.5 Å². The van der Waals surface area contributed by atoms with Gasteiger partial charge < -0.3 is 29.0 Å². The number of hydrogen-bond acceptors (Lipinski definition) is 7. The van der Waals surface area contributed by atoms with Crippen molar-refractivity contribution < 1.29 is 33.3 Å². The lowest BCUT2D eigenvalue weighted by Crippen LogP contribution is -2.33. The van der Waals surface area contributed by atoms with Crippen LogP contribution in [0.2, 0.25) is 0 Å². The Labute approximate surface area is 192 Å². The van der Waals surface area contributed by atoms with E-state index < -0.39 is 5.92 Å². The molecule has 0 fully saturated rings. The van der Waals surface area contributed by atoms with E-state index in [2.05, 4.69) is 5.32 Å². The van der Waals surface area contributed by atoms with Crippen molar-refractivity contribution in [1.82, 2.24) is 5.32 Å². The molecule has 1 aliphatic carbocycles. The molecule has 3 atom stereocenters. The largest absolute Gasteiger partial charge is 0.493 e. The monoisotopic (exact) mass is 453 g/mol. The van der Waals surface area contributed by atoms with Crippen LogP contribution in [0.25, 0.3) is 0 Å². The second kappa shape index (κ2) is 9.85. The maximum atomic E-state index is 12.9. The third kappa shape index (κ3) is 4.74. The lowest BCUT2D eigenvalue weighted by molar-refractivity contribution is -0.146. The molecular formula is C25H27NO7. The molecule has 2 aromatic rings. The summed E-state index contributed by atoms with van der Waals surface area (Å²) in [6, 6.07) is 10.3. The van der Waals surface area contributed by atoms with Crippen LogP contribution in [0.4, 0.5) is 0 Å².